The van der Waals surface area contributed by atoms with Gasteiger partial charge in [0, 0.05) is 37.8 Å². The average Bonchev–Trinajstić information content (AvgIpc) is 2.31. The first-order valence-electron chi connectivity index (χ1n) is 6.52. The molecule has 0 N–H and O–H groups in total. The highest BCUT2D eigenvalue weighted by Gasteiger charge is 2.37. The van der Waals surface area contributed by atoms with Crippen molar-refractivity contribution < 1.29 is 13.2 Å². The molecular weight excluding hydrogens is 298 g/mol. The third-order valence-corrected chi connectivity index (χ3v) is 4.80. The van der Waals surface area contributed by atoms with Crippen LogP contribution >= 0.6 is 0 Å². The molecule has 0 atom stereocenters. The maximum absolute atomic E-state index is 12.0. The minimum atomic E-state index is -3.29. The molecule has 0 unspecified atom stereocenters. The van der Waals surface area contributed by atoms with E-state index in [0.717, 1.165) is 10.8 Å². The molecule has 1 aliphatic rings. The van der Waals surface area contributed by atoms with Gasteiger partial charge in [0.15, 0.2) is 5.78 Å². The second kappa shape index (κ2) is 5.57. The van der Waals surface area contributed by atoms with Crippen LogP contribution in [0.2, 0.25) is 0 Å². The zero-order valence-corrected chi connectivity index (χ0v) is 12.7. The topological polar surface area (TPSA) is 98.4 Å². The van der Waals surface area contributed by atoms with E-state index in [1.54, 1.807) is 6.92 Å². The van der Waals surface area contributed by atoms with Crippen LogP contribution in [0.4, 0.5) is 0 Å². The van der Waals surface area contributed by atoms with Crippen molar-refractivity contribution in [3.8, 4) is 0 Å². The highest BCUT2D eigenvalue weighted by Crippen LogP contribution is 2.19. The first-order valence-corrected chi connectivity index (χ1v) is 8.37. The molecule has 0 saturated carbocycles. The van der Waals surface area contributed by atoms with E-state index in [2.05, 4.69) is 0 Å². The number of rotatable bonds is 5. The van der Waals surface area contributed by atoms with E-state index < -0.39 is 27.2 Å². The molecule has 0 aliphatic carbocycles. The molecule has 0 spiro atoms. The summed E-state index contributed by atoms with van der Waals surface area (Å²) in [5.41, 5.74) is -1.06. The van der Waals surface area contributed by atoms with Gasteiger partial charge in [-0.3, -0.25) is 14.2 Å². The Kier molecular flexibility index (Phi) is 4.15. The van der Waals surface area contributed by atoms with Crippen molar-refractivity contribution in [1.82, 2.24) is 13.4 Å². The van der Waals surface area contributed by atoms with Gasteiger partial charge in [-0.25, -0.2) is 17.5 Å². The van der Waals surface area contributed by atoms with Crippen molar-refractivity contribution in [2.45, 2.75) is 20.0 Å². The molecule has 21 heavy (non-hydrogen) atoms. The first-order chi connectivity index (χ1) is 9.74. The number of aromatic nitrogens is 2. The Morgan fingerprint density at radius 1 is 1.33 bits per heavy atom. The fourth-order valence-corrected chi connectivity index (χ4v) is 3.04. The largest absolute Gasteiger partial charge is 0.331 e. The number of carbonyl (C=O) groups excluding carboxylic acids is 1. The van der Waals surface area contributed by atoms with Crippen molar-refractivity contribution in [3.63, 3.8) is 0 Å². The van der Waals surface area contributed by atoms with E-state index in [9.17, 15) is 22.8 Å². The molecule has 0 aromatic carbocycles. The normalized spacial score (nSPS) is 16.7. The summed E-state index contributed by atoms with van der Waals surface area (Å²) >= 11 is 0. The Hall–Kier alpha value is -1.74. The number of ketones is 1. The molecule has 9 heteroatoms. The second-order valence-corrected chi connectivity index (χ2v) is 7.03. The average molecular weight is 315 g/mol. The number of carbonyl (C=O) groups is 1. The molecule has 8 nitrogen and oxygen atoms in total. The van der Waals surface area contributed by atoms with Gasteiger partial charge in [-0.15, -0.1) is 0 Å². The second-order valence-electron chi connectivity index (χ2n) is 5.05. The van der Waals surface area contributed by atoms with Gasteiger partial charge in [-0.05, 0) is 6.92 Å². The van der Waals surface area contributed by atoms with E-state index in [1.165, 1.54) is 21.1 Å². The minimum Gasteiger partial charge on any atom is -0.301 e. The Morgan fingerprint density at radius 2 is 1.95 bits per heavy atom. The molecule has 2 rings (SSSR count). The third-order valence-electron chi connectivity index (χ3n) is 3.57. The molecule has 116 valence electrons. The van der Waals surface area contributed by atoms with Crippen LogP contribution in [0, 0.1) is 5.92 Å². The van der Waals surface area contributed by atoms with Gasteiger partial charge in [-0.1, -0.05) is 0 Å². The Morgan fingerprint density at radius 3 is 2.48 bits per heavy atom. The number of nitrogens with zero attached hydrogens (tertiary/aromatic N) is 3. The summed E-state index contributed by atoms with van der Waals surface area (Å²) < 4.78 is 25.9. The summed E-state index contributed by atoms with van der Waals surface area (Å²) in [6, 6.07) is 1.24. The summed E-state index contributed by atoms with van der Waals surface area (Å²) in [7, 11) is -3.29. The lowest BCUT2D eigenvalue weighted by atomic mass is 9.98. The van der Waals surface area contributed by atoms with E-state index in [4.69, 9.17) is 0 Å². The highest BCUT2D eigenvalue weighted by atomic mass is 32.2. The number of Topliss-reactive ketones (excluding diaryl/α,β-unsaturated/α-hetero) is 1. The van der Waals surface area contributed by atoms with Crippen LogP contribution < -0.4 is 11.2 Å². The van der Waals surface area contributed by atoms with Crippen molar-refractivity contribution in [2.24, 2.45) is 5.92 Å². The van der Waals surface area contributed by atoms with Crippen LogP contribution in [0.25, 0.3) is 0 Å². The van der Waals surface area contributed by atoms with Gasteiger partial charge in [-0.2, -0.15) is 0 Å². The van der Waals surface area contributed by atoms with Crippen LogP contribution in [0.5, 0.6) is 0 Å². The van der Waals surface area contributed by atoms with E-state index in [0.29, 0.717) is 6.54 Å². The van der Waals surface area contributed by atoms with Crippen molar-refractivity contribution >= 4 is 15.8 Å². The lowest BCUT2D eigenvalue weighted by Crippen LogP contribution is -2.54. The monoisotopic (exact) mass is 315 g/mol. The van der Waals surface area contributed by atoms with Crippen molar-refractivity contribution in [2.75, 3.05) is 19.3 Å². The third kappa shape index (κ3) is 3.13. The highest BCUT2D eigenvalue weighted by molar-refractivity contribution is 7.88. The quantitative estimate of drug-likeness (QED) is 0.658. The Labute approximate surface area is 121 Å². The van der Waals surface area contributed by atoms with Gasteiger partial charge in [0.2, 0.25) is 10.0 Å². The van der Waals surface area contributed by atoms with Crippen LogP contribution in [-0.2, 0) is 27.9 Å². The maximum Gasteiger partial charge on any atom is 0.331 e. The molecule has 0 bridgehead atoms. The number of hydrogen-bond acceptors (Lipinski definition) is 5. The summed E-state index contributed by atoms with van der Waals surface area (Å²) in [4.78, 5) is 35.7. The molecule has 1 saturated heterocycles. The van der Waals surface area contributed by atoms with Gasteiger partial charge in [0.05, 0.1) is 12.8 Å². The zero-order chi connectivity index (χ0) is 15.8. The SMILES string of the molecule is CCn1ccc(=O)n(CC(=O)C2CN(S(C)(=O)=O)C2)c1=O. The molecule has 1 aliphatic heterocycles. The molecule has 1 fully saturated rings. The van der Waals surface area contributed by atoms with Crippen LogP contribution in [0.3, 0.4) is 0 Å². The summed E-state index contributed by atoms with van der Waals surface area (Å²) in [5, 5.41) is 0. The summed E-state index contributed by atoms with van der Waals surface area (Å²) in [5.74, 6) is -0.760. The zero-order valence-electron chi connectivity index (χ0n) is 11.9. The van der Waals surface area contributed by atoms with Crippen molar-refractivity contribution in [1.29, 1.82) is 0 Å². The van der Waals surface area contributed by atoms with Crippen LogP contribution in [-0.4, -0.2) is 47.0 Å². The van der Waals surface area contributed by atoms with E-state index >= 15 is 0 Å². The lowest BCUT2D eigenvalue weighted by Gasteiger charge is -2.36. The fraction of sp³-hybridized carbons (Fsp3) is 0.583. The molecule has 2 heterocycles. The van der Waals surface area contributed by atoms with Crippen LogP contribution in [0.1, 0.15) is 6.92 Å². The molecule has 1 aromatic rings. The fourth-order valence-electron chi connectivity index (χ4n) is 2.14. The molecule has 1 aromatic heterocycles. The lowest BCUT2D eigenvalue weighted by molar-refractivity contribution is -0.126. The minimum absolute atomic E-state index is 0.112. The first kappa shape index (κ1) is 15.6. The summed E-state index contributed by atoms with van der Waals surface area (Å²) in [6.07, 6.45) is 2.47. The predicted molar refractivity (Wildman–Crippen MR) is 75.5 cm³/mol. The van der Waals surface area contributed by atoms with E-state index in [1.807, 2.05) is 0 Å². The van der Waals surface area contributed by atoms with Gasteiger partial charge in [0.1, 0.15) is 0 Å². The number of sulfonamides is 1. The standard InChI is InChI=1S/C12H17N3O5S/c1-3-13-5-4-11(17)15(12(13)18)8-10(16)9-6-14(7-9)21(2,19)20/h4-5,9H,3,6-8H2,1-2H3. The van der Waals surface area contributed by atoms with Crippen LogP contribution in [0.15, 0.2) is 21.9 Å². The number of aryl methyl sites for hydroxylation is 1. The van der Waals surface area contributed by atoms with Gasteiger partial charge in [0.25, 0.3) is 5.56 Å². The predicted octanol–water partition coefficient (Wildman–Crippen LogP) is -1.51. The molecule has 0 radical (unpaired) electrons. The Balaban J connectivity index is 2.12. The van der Waals surface area contributed by atoms with Crippen molar-refractivity contribution in [3.05, 3.63) is 33.1 Å². The maximum atomic E-state index is 12.0. The molecular formula is C12H17N3O5S. The summed E-state index contributed by atoms with van der Waals surface area (Å²) in [6.45, 7) is 2.07. The van der Waals surface area contributed by atoms with Gasteiger partial charge >= 0.3 is 5.69 Å². The van der Waals surface area contributed by atoms with E-state index in [-0.39, 0.29) is 25.4 Å². The Bertz CT molecular complexity index is 771. The molecule has 0 amide bonds. The number of hydrogen-bond donors (Lipinski definition) is 0. The van der Waals surface area contributed by atoms with Gasteiger partial charge < -0.3 is 4.57 Å². The smallest absolute Gasteiger partial charge is 0.301 e.